The molecule has 1 aliphatic heterocycles. The molecule has 4 heteroatoms. The zero-order valence-electron chi connectivity index (χ0n) is 10.5. The summed E-state index contributed by atoms with van der Waals surface area (Å²) in [7, 11) is 0. The summed E-state index contributed by atoms with van der Waals surface area (Å²) in [6, 6.07) is 1.91. The zero-order valence-corrected chi connectivity index (χ0v) is 10.5. The van der Waals surface area contributed by atoms with Gasteiger partial charge in [-0.15, -0.1) is 0 Å². The van der Waals surface area contributed by atoms with Crippen LogP contribution in [-0.4, -0.2) is 18.5 Å². The molecule has 1 saturated heterocycles. The van der Waals surface area contributed by atoms with Gasteiger partial charge in [0.05, 0.1) is 18.3 Å². The summed E-state index contributed by atoms with van der Waals surface area (Å²) in [5.74, 6) is 1.03. The van der Waals surface area contributed by atoms with Crippen LogP contribution in [0.15, 0.2) is 16.7 Å². The first kappa shape index (κ1) is 12.2. The lowest BCUT2D eigenvalue weighted by Crippen LogP contribution is -2.43. The maximum Gasteiger partial charge on any atom is 0.237 e. The molecule has 4 nitrogen and oxygen atoms in total. The number of carbonyl (C=O) groups excluding carboxylic acids is 1. The van der Waals surface area contributed by atoms with Gasteiger partial charge in [-0.2, -0.15) is 0 Å². The van der Waals surface area contributed by atoms with Gasteiger partial charge in [-0.1, -0.05) is 0 Å². The topological polar surface area (TPSA) is 54.3 Å². The normalized spacial score (nSPS) is 22.9. The Kier molecular flexibility index (Phi) is 3.84. The summed E-state index contributed by atoms with van der Waals surface area (Å²) in [5, 5.41) is 6.27. The number of nitrogens with one attached hydrogen (secondary N) is 2. The van der Waals surface area contributed by atoms with Crippen molar-refractivity contribution < 1.29 is 9.21 Å². The highest BCUT2D eigenvalue weighted by Gasteiger charge is 2.23. The van der Waals surface area contributed by atoms with E-state index in [9.17, 15) is 4.79 Å². The van der Waals surface area contributed by atoms with Gasteiger partial charge < -0.3 is 9.73 Å². The molecule has 17 heavy (non-hydrogen) atoms. The Balaban J connectivity index is 2.00. The number of hydrogen-bond donors (Lipinski definition) is 2. The molecule has 1 amide bonds. The lowest BCUT2D eigenvalue weighted by molar-refractivity contribution is -0.123. The smallest absolute Gasteiger partial charge is 0.237 e. The quantitative estimate of drug-likeness (QED) is 0.843. The molecule has 0 bridgehead atoms. The van der Waals surface area contributed by atoms with Gasteiger partial charge >= 0.3 is 0 Å². The number of hydrogen-bond acceptors (Lipinski definition) is 3. The molecule has 0 saturated carbocycles. The molecule has 1 aromatic heterocycles. The minimum absolute atomic E-state index is 0.0684. The first-order valence-electron chi connectivity index (χ1n) is 6.26. The van der Waals surface area contributed by atoms with E-state index in [0.29, 0.717) is 0 Å². The van der Waals surface area contributed by atoms with Gasteiger partial charge in [-0.25, -0.2) is 0 Å². The molecule has 0 aromatic carbocycles. The van der Waals surface area contributed by atoms with E-state index in [0.717, 1.165) is 37.1 Å². The highest BCUT2D eigenvalue weighted by molar-refractivity contribution is 5.81. The highest BCUT2D eigenvalue weighted by atomic mass is 16.3. The Labute approximate surface area is 102 Å². The standard InChI is InChI=1S/C13H20N2O2/c1-9-6-8-17-12(9)10(2)15-11-5-3-4-7-14-13(11)16/h6,8,10-11,15H,3-5,7H2,1-2H3,(H,14,16)/t10-,11-/m0/s1. The monoisotopic (exact) mass is 236 g/mol. The van der Waals surface area contributed by atoms with Crippen LogP contribution < -0.4 is 10.6 Å². The van der Waals surface area contributed by atoms with E-state index >= 15 is 0 Å². The lowest BCUT2D eigenvalue weighted by atomic mass is 10.1. The molecular weight excluding hydrogens is 216 g/mol. The minimum atomic E-state index is -0.100. The second-order valence-corrected chi connectivity index (χ2v) is 4.70. The zero-order chi connectivity index (χ0) is 12.3. The molecule has 0 spiro atoms. The van der Waals surface area contributed by atoms with Crippen LogP contribution in [0, 0.1) is 6.92 Å². The van der Waals surface area contributed by atoms with E-state index in [4.69, 9.17) is 4.42 Å². The molecular formula is C13H20N2O2. The van der Waals surface area contributed by atoms with Crippen LogP contribution in [0.25, 0.3) is 0 Å². The average Bonchev–Trinajstić information content (AvgIpc) is 2.63. The molecule has 0 radical (unpaired) electrons. The van der Waals surface area contributed by atoms with Crippen LogP contribution >= 0.6 is 0 Å². The Hall–Kier alpha value is -1.29. The maximum absolute atomic E-state index is 11.8. The third kappa shape index (κ3) is 2.88. The van der Waals surface area contributed by atoms with Crippen LogP contribution in [-0.2, 0) is 4.79 Å². The Morgan fingerprint density at radius 1 is 1.53 bits per heavy atom. The summed E-state index contributed by atoms with van der Waals surface area (Å²) < 4.78 is 5.44. The Morgan fingerprint density at radius 2 is 2.35 bits per heavy atom. The molecule has 2 atom stereocenters. The second-order valence-electron chi connectivity index (χ2n) is 4.70. The largest absolute Gasteiger partial charge is 0.467 e. The van der Waals surface area contributed by atoms with Gasteiger partial charge in [0.1, 0.15) is 5.76 Å². The van der Waals surface area contributed by atoms with Gasteiger partial charge in [0, 0.05) is 6.54 Å². The average molecular weight is 236 g/mol. The Bertz CT molecular complexity index is 387. The molecule has 0 aliphatic carbocycles. The molecule has 1 aliphatic rings. The third-order valence-electron chi connectivity index (χ3n) is 3.28. The van der Waals surface area contributed by atoms with E-state index in [1.54, 1.807) is 6.26 Å². The van der Waals surface area contributed by atoms with Crippen molar-refractivity contribution in [3.63, 3.8) is 0 Å². The van der Waals surface area contributed by atoms with Gasteiger partial charge in [0.2, 0.25) is 5.91 Å². The fourth-order valence-electron chi connectivity index (χ4n) is 2.30. The molecule has 2 rings (SSSR count). The predicted octanol–water partition coefficient (Wildman–Crippen LogP) is 1.91. The number of amides is 1. The fraction of sp³-hybridized carbons (Fsp3) is 0.615. The van der Waals surface area contributed by atoms with Crippen molar-refractivity contribution in [1.82, 2.24) is 10.6 Å². The third-order valence-corrected chi connectivity index (χ3v) is 3.28. The SMILES string of the molecule is Cc1ccoc1[C@H](C)N[C@H]1CCCCNC1=O. The summed E-state index contributed by atoms with van der Waals surface area (Å²) in [5.41, 5.74) is 1.12. The number of furan rings is 1. The first-order chi connectivity index (χ1) is 8.18. The van der Waals surface area contributed by atoms with Gasteiger partial charge in [0.25, 0.3) is 0 Å². The molecule has 0 unspecified atom stereocenters. The second kappa shape index (κ2) is 5.36. The van der Waals surface area contributed by atoms with Crippen molar-refractivity contribution in [2.24, 2.45) is 0 Å². The van der Waals surface area contributed by atoms with Crippen molar-refractivity contribution in [3.05, 3.63) is 23.7 Å². The number of carbonyl (C=O) groups is 1. The van der Waals surface area contributed by atoms with Crippen molar-refractivity contribution >= 4 is 5.91 Å². The van der Waals surface area contributed by atoms with E-state index in [1.165, 1.54) is 0 Å². The van der Waals surface area contributed by atoms with Crippen LogP contribution in [0.2, 0.25) is 0 Å². The predicted molar refractivity (Wildman–Crippen MR) is 65.6 cm³/mol. The van der Waals surface area contributed by atoms with Crippen LogP contribution in [0.5, 0.6) is 0 Å². The summed E-state index contributed by atoms with van der Waals surface area (Å²) >= 11 is 0. The van der Waals surface area contributed by atoms with E-state index in [-0.39, 0.29) is 18.0 Å². The lowest BCUT2D eigenvalue weighted by Gasteiger charge is -2.20. The first-order valence-corrected chi connectivity index (χ1v) is 6.26. The Morgan fingerprint density at radius 3 is 3.06 bits per heavy atom. The van der Waals surface area contributed by atoms with Gasteiger partial charge in [-0.3, -0.25) is 10.1 Å². The summed E-state index contributed by atoms with van der Waals surface area (Å²) in [4.78, 5) is 11.8. The molecule has 94 valence electrons. The van der Waals surface area contributed by atoms with E-state index in [2.05, 4.69) is 10.6 Å². The number of aryl methyl sites for hydroxylation is 1. The highest BCUT2D eigenvalue weighted by Crippen LogP contribution is 2.19. The summed E-state index contributed by atoms with van der Waals surface area (Å²) in [6.07, 6.45) is 4.74. The van der Waals surface area contributed by atoms with Crippen LogP contribution in [0.1, 0.15) is 43.6 Å². The minimum Gasteiger partial charge on any atom is -0.467 e. The van der Waals surface area contributed by atoms with Crippen molar-refractivity contribution in [2.45, 2.75) is 45.2 Å². The van der Waals surface area contributed by atoms with Crippen LogP contribution in [0.3, 0.4) is 0 Å². The van der Waals surface area contributed by atoms with Crippen LogP contribution in [0.4, 0.5) is 0 Å². The number of rotatable bonds is 3. The van der Waals surface area contributed by atoms with Crippen molar-refractivity contribution in [1.29, 1.82) is 0 Å². The van der Waals surface area contributed by atoms with Gasteiger partial charge in [-0.05, 0) is 44.7 Å². The van der Waals surface area contributed by atoms with Gasteiger partial charge in [0.15, 0.2) is 0 Å². The molecule has 1 aromatic rings. The van der Waals surface area contributed by atoms with E-state index < -0.39 is 0 Å². The molecule has 1 fully saturated rings. The fourth-order valence-corrected chi connectivity index (χ4v) is 2.30. The van der Waals surface area contributed by atoms with Crippen molar-refractivity contribution in [3.8, 4) is 0 Å². The molecule has 2 N–H and O–H groups in total. The maximum atomic E-state index is 11.8. The summed E-state index contributed by atoms with van der Waals surface area (Å²) in [6.45, 7) is 4.85. The van der Waals surface area contributed by atoms with Crippen molar-refractivity contribution in [2.75, 3.05) is 6.54 Å². The molecule has 2 heterocycles. The van der Waals surface area contributed by atoms with E-state index in [1.807, 2.05) is 19.9 Å².